The van der Waals surface area contributed by atoms with Crippen LogP contribution in [0.3, 0.4) is 0 Å². The molecule has 0 saturated carbocycles. The van der Waals surface area contributed by atoms with E-state index in [1.165, 1.54) is 11.1 Å². The lowest BCUT2D eigenvalue weighted by molar-refractivity contribution is 0.0731. The van der Waals surface area contributed by atoms with Gasteiger partial charge in [-0.05, 0) is 29.2 Å². The normalized spacial score (nSPS) is 28.1. The second kappa shape index (κ2) is 2.88. The van der Waals surface area contributed by atoms with Crippen LogP contribution >= 0.6 is 0 Å². The standard InChI is InChI=1S/C10H13NO/c1-7-4-8-2-3-12-10(6-11)9(8)5-7/h4-5,10H,1-3,6,11H2. The molecule has 0 aromatic heterocycles. The van der Waals surface area contributed by atoms with Crippen molar-refractivity contribution in [3.63, 3.8) is 0 Å². The van der Waals surface area contributed by atoms with Crippen molar-refractivity contribution in [3.05, 3.63) is 35.5 Å². The molecule has 2 aliphatic rings. The fraction of sp³-hybridized carbons (Fsp3) is 0.400. The smallest absolute Gasteiger partial charge is 0.0950 e. The second-order valence-corrected chi connectivity index (χ2v) is 3.19. The van der Waals surface area contributed by atoms with E-state index in [1.807, 2.05) is 0 Å². The van der Waals surface area contributed by atoms with Crippen LogP contribution in [0.15, 0.2) is 35.5 Å². The lowest BCUT2D eigenvalue weighted by Crippen LogP contribution is -2.30. The predicted molar refractivity (Wildman–Crippen MR) is 48.7 cm³/mol. The van der Waals surface area contributed by atoms with Gasteiger partial charge in [0.2, 0.25) is 0 Å². The lowest BCUT2D eigenvalue weighted by atomic mass is 9.99. The Hall–Kier alpha value is -0.860. The SMILES string of the molecule is C=C1C=C2CCOC(CN)C2=C1. The van der Waals surface area contributed by atoms with Gasteiger partial charge in [-0.25, -0.2) is 0 Å². The fourth-order valence-corrected chi connectivity index (χ4v) is 1.75. The van der Waals surface area contributed by atoms with Crippen molar-refractivity contribution in [3.8, 4) is 0 Å². The summed E-state index contributed by atoms with van der Waals surface area (Å²) in [7, 11) is 0. The maximum absolute atomic E-state index is 5.58. The minimum atomic E-state index is 0.101. The van der Waals surface area contributed by atoms with Crippen molar-refractivity contribution in [2.45, 2.75) is 12.5 Å². The summed E-state index contributed by atoms with van der Waals surface area (Å²) in [4.78, 5) is 0. The third-order valence-electron chi connectivity index (χ3n) is 2.32. The van der Waals surface area contributed by atoms with Gasteiger partial charge in [0.1, 0.15) is 0 Å². The third-order valence-corrected chi connectivity index (χ3v) is 2.32. The highest BCUT2D eigenvalue weighted by atomic mass is 16.5. The largest absolute Gasteiger partial charge is 0.372 e. The van der Waals surface area contributed by atoms with Crippen LogP contribution in [0.25, 0.3) is 0 Å². The fourth-order valence-electron chi connectivity index (χ4n) is 1.75. The maximum atomic E-state index is 5.58. The number of hydrogen-bond acceptors (Lipinski definition) is 2. The van der Waals surface area contributed by atoms with Crippen LogP contribution in [0, 0.1) is 0 Å². The molecule has 12 heavy (non-hydrogen) atoms. The van der Waals surface area contributed by atoms with Gasteiger partial charge in [-0.2, -0.15) is 0 Å². The summed E-state index contributed by atoms with van der Waals surface area (Å²) in [5.74, 6) is 0. The molecular weight excluding hydrogens is 150 g/mol. The molecule has 0 aromatic carbocycles. The molecule has 0 radical (unpaired) electrons. The summed E-state index contributed by atoms with van der Waals surface area (Å²) in [6, 6.07) is 0. The second-order valence-electron chi connectivity index (χ2n) is 3.19. The number of allylic oxidation sites excluding steroid dienone is 3. The first kappa shape index (κ1) is 7.77. The Labute approximate surface area is 72.4 Å². The van der Waals surface area contributed by atoms with E-state index in [1.54, 1.807) is 0 Å². The molecule has 0 bridgehead atoms. The minimum Gasteiger partial charge on any atom is -0.372 e. The summed E-state index contributed by atoms with van der Waals surface area (Å²) >= 11 is 0. The maximum Gasteiger partial charge on any atom is 0.0950 e. The van der Waals surface area contributed by atoms with Gasteiger partial charge in [0.05, 0.1) is 12.7 Å². The van der Waals surface area contributed by atoms with E-state index in [0.29, 0.717) is 6.54 Å². The van der Waals surface area contributed by atoms with Gasteiger partial charge in [-0.3, -0.25) is 0 Å². The number of hydrogen-bond donors (Lipinski definition) is 1. The van der Waals surface area contributed by atoms with Crippen LogP contribution < -0.4 is 5.73 Å². The van der Waals surface area contributed by atoms with Crippen molar-refractivity contribution in [1.82, 2.24) is 0 Å². The first-order valence-electron chi connectivity index (χ1n) is 4.24. The Balaban J connectivity index is 2.29. The van der Waals surface area contributed by atoms with Gasteiger partial charge in [0.25, 0.3) is 0 Å². The van der Waals surface area contributed by atoms with Gasteiger partial charge in [0.15, 0.2) is 0 Å². The first-order chi connectivity index (χ1) is 5.81. The Kier molecular flexibility index (Phi) is 1.87. The molecule has 2 heteroatoms. The topological polar surface area (TPSA) is 35.2 Å². The van der Waals surface area contributed by atoms with E-state index in [2.05, 4.69) is 18.7 Å². The molecule has 1 saturated heterocycles. The van der Waals surface area contributed by atoms with E-state index in [9.17, 15) is 0 Å². The molecule has 2 N–H and O–H groups in total. The van der Waals surface area contributed by atoms with E-state index in [4.69, 9.17) is 10.5 Å². The summed E-state index contributed by atoms with van der Waals surface area (Å²) in [5, 5.41) is 0. The van der Waals surface area contributed by atoms with Gasteiger partial charge in [0, 0.05) is 6.54 Å². The number of rotatable bonds is 1. The first-order valence-corrected chi connectivity index (χ1v) is 4.24. The number of nitrogens with two attached hydrogens (primary N) is 1. The predicted octanol–water partition coefficient (Wildman–Crippen LogP) is 1.16. The van der Waals surface area contributed by atoms with Crippen molar-refractivity contribution < 1.29 is 4.74 Å². The zero-order valence-electron chi connectivity index (χ0n) is 7.05. The van der Waals surface area contributed by atoms with Crippen LogP contribution in [-0.2, 0) is 4.74 Å². The average molecular weight is 163 g/mol. The highest BCUT2D eigenvalue weighted by Gasteiger charge is 2.24. The number of fused-ring (bicyclic) bond motifs is 1. The molecule has 1 atom stereocenters. The lowest BCUT2D eigenvalue weighted by Gasteiger charge is -2.25. The van der Waals surface area contributed by atoms with E-state index in [0.717, 1.165) is 18.6 Å². The van der Waals surface area contributed by atoms with Gasteiger partial charge < -0.3 is 10.5 Å². The molecular formula is C10H13NO. The van der Waals surface area contributed by atoms with Gasteiger partial charge in [-0.15, -0.1) is 0 Å². The highest BCUT2D eigenvalue weighted by molar-refractivity contribution is 5.53. The molecule has 1 unspecified atom stereocenters. The van der Waals surface area contributed by atoms with Crippen molar-refractivity contribution >= 4 is 0 Å². The monoisotopic (exact) mass is 163 g/mol. The molecule has 2 nitrogen and oxygen atoms in total. The zero-order chi connectivity index (χ0) is 8.55. The van der Waals surface area contributed by atoms with Crippen LogP contribution in [0.4, 0.5) is 0 Å². The molecule has 2 rings (SSSR count). The summed E-state index contributed by atoms with van der Waals surface area (Å²) in [6.45, 7) is 5.25. The molecule has 0 aromatic rings. The zero-order valence-corrected chi connectivity index (χ0v) is 7.05. The Morgan fingerprint density at radius 3 is 3.17 bits per heavy atom. The summed E-state index contributed by atoms with van der Waals surface area (Å²) in [5.41, 5.74) is 9.26. The van der Waals surface area contributed by atoms with Crippen molar-refractivity contribution in [2.24, 2.45) is 5.73 Å². The highest BCUT2D eigenvalue weighted by Crippen LogP contribution is 2.32. The van der Waals surface area contributed by atoms with Crippen LogP contribution in [0.5, 0.6) is 0 Å². The molecule has 64 valence electrons. The molecule has 1 heterocycles. The minimum absolute atomic E-state index is 0.101. The van der Waals surface area contributed by atoms with Crippen LogP contribution in [-0.4, -0.2) is 19.3 Å². The Morgan fingerprint density at radius 2 is 2.42 bits per heavy atom. The van der Waals surface area contributed by atoms with Gasteiger partial charge >= 0.3 is 0 Å². The van der Waals surface area contributed by atoms with E-state index >= 15 is 0 Å². The average Bonchev–Trinajstić information content (AvgIpc) is 2.44. The van der Waals surface area contributed by atoms with Crippen LogP contribution in [0.1, 0.15) is 6.42 Å². The van der Waals surface area contributed by atoms with Crippen molar-refractivity contribution in [1.29, 1.82) is 0 Å². The van der Waals surface area contributed by atoms with E-state index < -0.39 is 0 Å². The van der Waals surface area contributed by atoms with Gasteiger partial charge in [-0.1, -0.05) is 12.7 Å². The Morgan fingerprint density at radius 1 is 1.58 bits per heavy atom. The third kappa shape index (κ3) is 1.13. The van der Waals surface area contributed by atoms with E-state index in [-0.39, 0.29) is 6.10 Å². The molecule has 0 spiro atoms. The molecule has 1 aliphatic heterocycles. The Bertz CT molecular complexity index is 276. The molecule has 1 aliphatic carbocycles. The van der Waals surface area contributed by atoms with Crippen molar-refractivity contribution in [2.75, 3.05) is 13.2 Å². The molecule has 1 fully saturated rings. The summed E-state index contributed by atoms with van der Waals surface area (Å²) < 4.78 is 5.51. The van der Waals surface area contributed by atoms with Crippen LogP contribution in [0.2, 0.25) is 0 Å². The number of ether oxygens (including phenoxy) is 1. The molecule has 0 amide bonds. The summed E-state index contributed by atoms with van der Waals surface area (Å²) in [6.07, 6.45) is 5.30. The quantitative estimate of drug-likeness (QED) is 0.629.